The number of ether oxygens (including phenoxy) is 1. The smallest absolute Gasteiger partial charge is 0.330 e. The van der Waals surface area contributed by atoms with Crippen LogP contribution in [-0.4, -0.2) is 20.0 Å². The monoisotopic (exact) mass is 192 g/mol. The fourth-order valence-electron chi connectivity index (χ4n) is 0.457. The zero-order valence-corrected chi connectivity index (χ0v) is 8.81. The summed E-state index contributed by atoms with van der Waals surface area (Å²) in [5.41, 5.74) is 1.74. The van der Waals surface area contributed by atoms with Crippen LogP contribution in [0.4, 0.5) is 0 Å². The Balaban J connectivity index is 3.83. The molecule has 0 aliphatic carbocycles. The molecule has 0 heterocycles. The third kappa shape index (κ3) is 7.62. The molecule has 4 heteroatoms. The molecule has 64 valence electrons. The van der Waals surface area contributed by atoms with E-state index in [2.05, 4.69) is 4.74 Å². The molecule has 0 saturated heterocycles. The first-order valence-corrected chi connectivity index (χ1v) is 7.59. The van der Waals surface area contributed by atoms with E-state index in [9.17, 15) is 4.79 Å². The maximum Gasteiger partial charge on any atom is 0.330 e. The summed E-state index contributed by atoms with van der Waals surface area (Å²) >= 11 is 5.92. The summed E-state index contributed by atoms with van der Waals surface area (Å²) in [4.78, 5) is 10.7. The van der Waals surface area contributed by atoms with Gasteiger partial charge in [-0.05, 0) is 6.92 Å². The minimum absolute atomic E-state index is 0.311. The van der Waals surface area contributed by atoms with Crippen LogP contribution in [0, 0.1) is 0 Å². The Labute approximate surface area is 72.9 Å². The fourth-order valence-corrected chi connectivity index (χ4v) is 1.18. The Morgan fingerprint density at radius 1 is 1.64 bits per heavy atom. The quantitative estimate of drug-likeness (QED) is 0.296. The number of hydrogen-bond donors (Lipinski definition) is 0. The summed E-state index contributed by atoms with van der Waals surface area (Å²) in [6.07, 6.45) is 1.41. The average Bonchev–Trinajstić information content (AvgIpc) is 1.83. The van der Waals surface area contributed by atoms with Crippen molar-refractivity contribution in [3.63, 3.8) is 0 Å². The van der Waals surface area contributed by atoms with E-state index in [-0.39, 0.29) is 5.97 Å². The van der Waals surface area contributed by atoms with Gasteiger partial charge in [0.25, 0.3) is 0 Å². The number of carbonyl (C=O) groups excluding carboxylic acids is 1. The minimum atomic E-state index is -1.76. The number of hydrogen-bond acceptors (Lipinski definition) is 2. The van der Waals surface area contributed by atoms with E-state index in [1.165, 1.54) is 6.08 Å². The van der Waals surface area contributed by atoms with Gasteiger partial charge in [0.2, 0.25) is 0 Å². The molecular formula is C7H13ClO2Si. The summed E-state index contributed by atoms with van der Waals surface area (Å²) < 4.78 is 4.68. The Morgan fingerprint density at radius 3 is 2.55 bits per heavy atom. The molecule has 0 radical (unpaired) electrons. The van der Waals surface area contributed by atoms with Gasteiger partial charge >= 0.3 is 5.97 Å². The highest BCUT2D eigenvalue weighted by atomic mass is 35.6. The van der Waals surface area contributed by atoms with Crippen molar-refractivity contribution < 1.29 is 9.53 Å². The molecule has 11 heavy (non-hydrogen) atoms. The van der Waals surface area contributed by atoms with Crippen molar-refractivity contribution in [3.8, 4) is 0 Å². The lowest BCUT2D eigenvalue weighted by atomic mass is 10.6. The van der Waals surface area contributed by atoms with Crippen LogP contribution in [0.2, 0.25) is 13.1 Å². The van der Waals surface area contributed by atoms with Crippen LogP contribution in [0.15, 0.2) is 11.8 Å². The molecule has 0 aromatic heterocycles. The molecular weight excluding hydrogens is 180 g/mol. The predicted octanol–water partition coefficient (Wildman–Crippen LogP) is 2.09. The SMILES string of the molecule is CCOC(=O)/C=C\[Si](C)(C)Cl. The van der Waals surface area contributed by atoms with Gasteiger partial charge in [-0.25, -0.2) is 4.79 Å². The van der Waals surface area contributed by atoms with E-state index in [1.807, 2.05) is 13.1 Å². The zero-order valence-electron chi connectivity index (χ0n) is 7.06. The molecule has 0 atom stereocenters. The predicted molar refractivity (Wildman–Crippen MR) is 49.1 cm³/mol. The number of halogens is 1. The Kier molecular flexibility index (Phi) is 4.45. The number of carbonyl (C=O) groups is 1. The third-order valence-electron chi connectivity index (χ3n) is 0.902. The lowest BCUT2D eigenvalue weighted by molar-refractivity contribution is -0.137. The van der Waals surface area contributed by atoms with E-state index in [0.717, 1.165) is 0 Å². The Morgan fingerprint density at radius 2 is 2.18 bits per heavy atom. The van der Waals surface area contributed by atoms with Crippen LogP contribution in [-0.2, 0) is 9.53 Å². The van der Waals surface area contributed by atoms with Crippen LogP contribution in [0.3, 0.4) is 0 Å². The molecule has 0 rings (SSSR count). The lowest BCUT2D eigenvalue weighted by Crippen LogP contribution is -2.13. The van der Waals surface area contributed by atoms with Crippen LogP contribution in [0.5, 0.6) is 0 Å². The first kappa shape index (κ1) is 10.7. The summed E-state index contributed by atoms with van der Waals surface area (Å²) in [6.45, 7) is 6.05. The van der Waals surface area contributed by atoms with Gasteiger partial charge in [-0.1, -0.05) is 18.8 Å². The number of rotatable bonds is 3. The molecule has 0 aromatic rings. The van der Waals surface area contributed by atoms with Crippen LogP contribution in [0.1, 0.15) is 6.92 Å². The third-order valence-corrected chi connectivity index (χ3v) is 2.24. The molecule has 0 saturated carbocycles. The van der Waals surface area contributed by atoms with E-state index in [1.54, 1.807) is 12.6 Å². The Bertz CT molecular complexity index is 160. The maximum absolute atomic E-state index is 10.7. The molecule has 0 unspecified atom stereocenters. The van der Waals surface area contributed by atoms with Gasteiger partial charge in [-0.2, -0.15) is 11.1 Å². The second kappa shape index (κ2) is 4.57. The first-order valence-electron chi connectivity index (χ1n) is 3.50. The van der Waals surface area contributed by atoms with E-state index < -0.39 is 7.38 Å². The van der Waals surface area contributed by atoms with E-state index in [0.29, 0.717) is 6.61 Å². The van der Waals surface area contributed by atoms with E-state index in [4.69, 9.17) is 11.1 Å². The molecule has 0 aliphatic heterocycles. The molecule has 0 fully saturated rings. The highest BCUT2D eigenvalue weighted by Gasteiger charge is 2.12. The van der Waals surface area contributed by atoms with Gasteiger partial charge in [0.15, 0.2) is 7.38 Å². The van der Waals surface area contributed by atoms with Crippen LogP contribution >= 0.6 is 11.1 Å². The summed E-state index contributed by atoms with van der Waals surface area (Å²) in [5.74, 6) is -0.311. The average molecular weight is 193 g/mol. The highest BCUT2D eigenvalue weighted by molar-refractivity contribution is 7.21. The van der Waals surface area contributed by atoms with Gasteiger partial charge in [0.1, 0.15) is 0 Å². The van der Waals surface area contributed by atoms with Crippen molar-refractivity contribution in [2.24, 2.45) is 0 Å². The van der Waals surface area contributed by atoms with Crippen molar-refractivity contribution in [1.82, 2.24) is 0 Å². The second-order valence-corrected chi connectivity index (χ2v) is 9.03. The van der Waals surface area contributed by atoms with Gasteiger partial charge in [-0.15, -0.1) is 0 Å². The molecule has 2 nitrogen and oxygen atoms in total. The molecule has 0 aliphatic rings. The molecule has 0 amide bonds. The van der Waals surface area contributed by atoms with Crippen molar-refractivity contribution in [3.05, 3.63) is 11.8 Å². The molecule has 0 aromatic carbocycles. The fraction of sp³-hybridized carbons (Fsp3) is 0.571. The van der Waals surface area contributed by atoms with Crippen molar-refractivity contribution >= 4 is 24.4 Å². The van der Waals surface area contributed by atoms with Gasteiger partial charge < -0.3 is 4.74 Å². The van der Waals surface area contributed by atoms with Crippen LogP contribution < -0.4 is 0 Å². The van der Waals surface area contributed by atoms with Crippen molar-refractivity contribution in [2.75, 3.05) is 6.61 Å². The first-order chi connectivity index (χ1) is 4.95. The molecule has 0 N–H and O–H groups in total. The largest absolute Gasteiger partial charge is 0.463 e. The van der Waals surface area contributed by atoms with Gasteiger partial charge in [0.05, 0.1) is 6.61 Å². The van der Waals surface area contributed by atoms with Crippen molar-refractivity contribution in [1.29, 1.82) is 0 Å². The summed E-state index contributed by atoms with van der Waals surface area (Å²) in [7, 11) is -1.76. The summed E-state index contributed by atoms with van der Waals surface area (Å²) in [6, 6.07) is 0. The van der Waals surface area contributed by atoms with Crippen LogP contribution in [0.25, 0.3) is 0 Å². The molecule has 0 spiro atoms. The van der Waals surface area contributed by atoms with Gasteiger partial charge in [0, 0.05) is 6.08 Å². The maximum atomic E-state index is 10.7. The topological polar surface area (TPSA) is 26.3 Å². The number of esters is 1. The normalized spacial score (nSPS) is 12.0. The Hall–Kier alpha value is -0.283. The lowest BCUT2D eigenvalue weighted by Gasteiger charge is -2.03. The zero-order chi connectivity index (χ0) is 8.91. The molecule has 0 bridgehead atoms. The highest BCUT2D eigenvalue weighted by Crippen LogP contribution is 2.08. The minimum Gasteiger partial charge on any atom is -0.463 e. The van der Waals surface area contributed by atoms with Crippen molar-refractivity contribution in [2.45, 2.75) is 20.0 Å². The second-order valence-electron chi connectivity index (χ2n) is 2.65. The van der Waals surface area contributed by atoms with E-state index >= 15 is 0 Å². The summed E-state index contributed by atoms with van der Waals surface area (Å²) in [5, 5.41) is 0. The standard InChI is InChI=1S/C7H13ClO2Si/c1-4-10-7(9)5-6-11(2,3)8/h5-6H,4H2,1-3H3/b6-5-. The van der Waals surface area contributed by atoms with Gasteiger partial charge in [-0.3, -0.25) is 0 Å².